The van der Waals surface area contributed by atoms with E-state index in [9.17, 15) is 5.11 Å². The zero-order valence-corrected chi connectivity index (χ0v) is 12.7. The number of ether oxygens (including phenoxy) is 1. The Labute approximate surface area is 126 Å². The molecule has 1 aliphatic carbocycles. The molecule has 0 radical (unpaired) electrons. The van der Waals surface area contributed by atoms with Gasteiger partial charge in [-0.05, 0) is 55.9 Å². The molecule has 3 rings (SSSR count). The quantitative estimate of drug-likeness (QED) is 0.845. The molecule has 1 aliphatic rings. The second-order valence-corrected chi connectivity index (χ2v) is 5.93. The highest BCUT2D eigenvalue weighted by molar-refractivity contribution is 5.49. The monoisotopic (exact) mass is 282 g/mol. The van der Waals surface area contributed by atoms with Crippen LogP contribution in [0.25, 0.3) is 0 Å². The zero-order valence-electron chi connectivity index (χ0n) is 12.7. The number of aliphatic hydroxyl groups is 1. The summed E-state index contributed by atoms with van der Waals surface area (Å²) in [6.07, 6.45) is 3.91. The lowest BCUT2D eigenvalue weighted by molar-refractivity contribution is 0.0676. The van der Waals surface area contributed by atoms with Crippen molar-refractivity contribution in [2.45, 2.75) is 38.2 Å². The van der Waals surface area contributed by atoms with Crippen molar-refractivity contribution >= 4 is 0 Å². The number of methoxy groups -OCH3 is 1. The number of aryl methyl sites for hydroxylation is 2. The van der Waals surface area contributed by atoms with Crippen molar-refractivity contribution in [1.29, 1.82) is 0 Å². The topological polar surface area (TPSA) is 29.5 Å². The molecule has 0 amide bonds. The number of hydrogen-bond donors (Lipinski definition) is 1. The van der Waals surface area contributed by atoms with Crippen LogP contribution in [0.4, 0.5) is 0 Å². The molecule has 1 atom stereocenters. The lowest BCUT2D eigenvalue weighted by Gasteiger charge is -2.31. The molecule has 21 heavy (non-hydrogen) atoms. The van der Waals surface area contributed by atoms with Crippen molar-refractivity contribution in [2.75, 3.05) is 7.11 Å². The minimum Gasteiger partial charge on any atom is -0.496 e. The summed E-state index contributed by atoms with van der Waals surface area (Å²) >= 11 is 0. The third-order valence-corrected chi connectivity index (χ3v) is 4.50. The van der Waals surface area contributed by atoms with E-state index in [4.69, 9.17) is 4.74 Å². The van der Waals surface area contributed by atoms with Gasteiger partial charge in [0.1, 0.15) is 11.4 Å². The maximum absolute atomic E-state index is 11.5. The molecule has 0 saturated carbocycles. The third-order valence-electron chi connectivity index (χ3n) is 4.50. The number of rotatable bonds is 2. The summed E-state index contributed by atoms with van der Waals surface area (Å²) in [6.45, 7) is 2.05. The van der Waals surface area contributed by atoms with E-state index >= 15 is 0 Å². The molecule has 110 valence electrons. The Balaban J connectivity index is 2.22. The summed E-state index contributed by atoms with van der Waals surface area (Å²) in [7, 11) is 1.67. The fourth-order valence-electron chi connectivity index (χ4n) is 3.40. The molecule has 2 heteroatoms. The Morgan fingerprint density at radius 2 is 1.86 bits per heavy atom. The Morgan fingerprint density at radius 3 is 2.67 bits per heavy atom. The van der Waals surface area contributed by atoms with Crippen molar-refractivity contribution in [2.24, 2.45) is 0 Å². The summed E-state index contributed by atoms with van der Waals surface area (Å²) in [5, 5.41) is 11.5. The van der Waals surface area contributed by atoms with Crippen molar-refractivity contribution in [1.82, 2.24) is 0 Å². The van der Waals surface area contributed by atoms with E-state index in [0.29, 0.717) is 0 Å². The largest absolute Gasteiger partial charge is 0.496 e. The van der Waals surface area contributed by atoms with E-state index in [1.807, 2.05) is 18.2 Å². The van der Waals surface area contributed by atoms with Gasteiger partial charge in [-0.25, -0.2) is 0 Å². The zero-order chi connectivity index (χ0) is 14.9. The van der Waals surface area contributed by atoms with Crippen LogP contribution < -0.4 is 4.74 Å². The normalized spacial score (nSPS) is 21.5. The van der Waals surface area contributed by atoms with Gasteiger partial charge in [-0.1, -0.05) is 35.9 Å². The van der Waals surface area contributed by atoms with Gasteiger partial charge >= 0.3 is 0 Å². The Hall–Kier alpha value is -1.80. The first-order valence-corrected chi connectivity index (χ1v) is 7.61. The van der Waals surface area contributed by atoms with Gasteiger partial charge in [0.15, 0.2) is 0 Å². The van der Waals surface area contributed by atoms with E-state index in [2.05, 4.69) is 31.2 Å². The molecule has 1 unspecified atom stereocenters. The highest BCUT2D eigenvalue weighted by Gasteiger charge is 2.36. The average molecular weight is 282 g/mol. The van der Waals surface area contributed by atoms with Crippen molar-refractivity contribution in [3.05, 3.63) is 64.7 Å². The molecule has 0 saturated heterocycles. The Morgan fingerprint density at radius 1 is 1.05 bits per heavy atom. The lowest BCUT2D eigenvalue weighted by atomic mass is 9.81. The van der Waals surface area contributed by atoms with Gasteiger partial charge in [0, 0.05) is 5.56 Å². The molecule has 0 aliphatic heterocycles. The molecular formula is C19H22O2. The first-order chi connectivity index (χ1) is 10.1. The second kappa shape index (κ2) is 5.53. The summed E-state index contributed by atoms with van der Waals surface area (Å²) < 4.78 is 5.51. The maximum Gasteiger partial charge on any atom is 0.125 e. The fourth-order valence-corrected chi connectivity index (χ4v) is 3.40. The van der Waals surface area contributed by atoms with Gasteiger partial charge in [-0.3, -0.25) is 0 Å². The Bertz CT molecular complexity index is 648. The van der Waals surface area contributed by atoms with Gasteiger partial charge < -0.3 is 9.84 Å². The highest BCUT2D eigenvalue weighted by Crippen LogP contribution is 2.43. The van der Waals surface area contributed by atoms with E-state index in [0.717, 1.165) is 48.1 Å². The van der Waals surface area contributed by atoms with Crippen LogP contribution in [0, 0.1) is 6.92 Å². The molecule has 2 aromatic rings. The molecular weight excluding hydrogens is 260 g/mol. The van der Waals surface area contributed by atoms with Crippen LogP contribution in [0.15, 0.2) is 42.5 Å². The lowest BCUT2D eigenvalue weighted by Crippen LogP contribution is -2.28. The smallest absolute Gasteiger partial charge is 0.125 e. The fraction of sp³-hybridized carbons (Fsp3) is 0.368. The standard InChI is InChI=1S/C19H22O2/c1-14-10-11-18(21-2)17(13-14)19(20)12-6-5-8-15-7-3-4-9-16(15)19/h3-4,7,9-11,13,20H,5-6,8,12H2,1-2H3. The summed E-state index contributed by atoms with van der Waals surface area (Å²) in [4.78, 5) is 0. The summed E-state index contributed by atoms with van der Waals surface area (Å²) in [5.74, 6) is 0.764. The molecule has 0 spiro atoms. The summed E-state index contributed by atoms with van der Waals surface area (Å²) in [6, 6.07) is 14.3. The molecule has 1 N–H and O–H groups in total. The van der Waals surface area contributed by atoms with Gasteiger partial charge in [0.05, 0.1) is 7.11 Å². The highest BCUT2D eigenvalue weighted by atomic mass is 16.5. The third kappa shape index (κ3) is 2.44. The van der Waals surface area contributed by atoms with Crippen LogP contribution in [0.2, 0.25) is 0 Å². The van der Waals surface area contributed by atoms with Crippen molar-refractivity contribution in [3.8, 4) is 5.75 Å². The maximum atomic E-state index is 11.5. The number of benzene rings is 2. The number of hydrogen-bond acceptors (Lipinski definition) is 2. The molecule has 2 aromatic carbocycles. The van der Waals surface area contributed by atoms with Gasteiger partial charge in [-0.15, -0.1) is 0 Å². The predicted molar refractivity (Wildman–Crippen MR) is 84.7 cm³/mol. The van der Waals surface area contributed by atoms with E-state index in [1.54, 1.807) is 7.11 Å². The van der Waals surface area contributed by atoms with Crippen molar-refractivity contribution in [3.63, 3.8) is 0 Å². The predicted octanol–water partition coefficient (Wildman–Crippen LogP) is 3.97. The SMILES string of the molecule is COc1ccc(C)cc1C1(O)CCCCc2ccccc21. The van der Waals surface area contributed by atoms with E-state index in [1.165, 1.54) is 5.56 Å². The minimum atomic E-state index is -0.954. The van der Waals surface area contributed by atoms with Crippen LogP contribution >= 0.6 is 0 Å². The first kappa shape index (κ1) is 14.2. The number of fused-ring (bicyclic) bond motifs is 1. The average Bonchev–Trinajstić information content (AvgIpc) is 2.68. The molecule has 0 heterocycles. The van der Waals surface area contributed by atoms with Crippen LogP contribution in [0.1, 0.15) is 41.5 Å². The van der Waals surface area contributed by atoms with Crippen LogP contribution in [0.5, 0.6) is 5.75 Å². The van der Waals surface area contributed by atoms with E-state index < -0.39 is 5.60 Å². The molecule has 2 nitrogen and oxygen atoms in total. The first-order valence-electron chi connectivity index (χ1n) is 7.61. The van der Waals surface area contributed by atoms with Crippen molar-refractivity contribution < 1.29 is 9.84 Å². The molecule has 0 bridgehead atoms. The Kier molecular flexibility index (Phi) is 3.73. The minimum absolute atomic E-state index is 0.740. The molecule has 0 aromatic heterocycles. The van der Waals surface area contributed by atoms with Crippen LogP contribution in [0.3, 0.4) is 0 Å². The van der Waals surface area contributed by atoms with Crippen LogP contribution in [-0.2, 0) is 12.0 Å². The van der Waals surface area contributed by atoms with E-state index in [-0.39, 0.29) is 0 Å². The van der Waals surface area contributed by atoms with Gasteiger partial charge in [0.2, 0.25) is 0 Å². The van der Waals surface area contributed by atoms with Gasteiger partial charge in [-0.2, -0.15) is 0 Å². The summed E-state index contributed by atoms with van der Waals surface area (Å²) in [5.41, 5.74) is 3.36. The second-order valence-electron chi connectivity index (χ2n) is 5.93. The van der Waals surface area contributed by atoms with Gasteiger partial charge in [0.25, 0.3) is 0 Å². The van der Waals surface area contributed by atoms with Crippen LogP contribution in [-0.4, -0.2) is 12.2 Å². The molecule has 0 fully saturated rings.